The van der Waals surface area contributed by atoms with E-state index in [1.165, 1.54) is 13.8 Å². The molecule has 0 unspecified atom stereocenters. The summed E-state index contributed by atoms with van der Waals surface area (Å²) in [7, 11) is 0. The number of nitrogens with one attached hydrogen (secondary N) is 7. The first kappa shape index (κ1) is 57.4. The Hall–Kier alpha value is -5.62. The largest absolute Gasteiger partial charge is 0.480 e. The molecule has 8 amide bonds. The second kappa shape index (κ2) is 30.4. The molecular weight excluding hydrogens is 830 g/mol. The van der Waals surface area contributed by atoms with Crippen LogP contribution in [0.5, 0.6) is 0 Å². The van der Waals surface area contributed by atoms with E-state index in [4.69, 9.17) is 22.7 Å². The van der Waals surface area contributed by atoms with E-state index in [9.17, 15) is 58.5 Å². The number of nitrogens with zero attached hydrogens (tertiary/aromatic N) is 3. The highest BCUT2D eigenvalue weighted by atomic mass is 16.4. The predicted molar refractivity (Wildman–Crippen MR) is 227 cm³/mol. The molecule has 63 heavy (non-hydrogen) atoms. The second-order valence-electron chi connectivity index (χ2n) is 15.9. The Labute approximate surface area is 366 Å². The molecular formula is C38H69N13O12. The third-order valence-corrected chi connectivity index (χ3v) is 9.50. The van der Waals surface area contributed by atoms with E-state index in [-0.39, 0.29) is 51.1 Å². The molecule has 0 spiro atoms. The summed E-state index contributed by atoms with van der Waals surface area (Å²) in [6, 6.07) is -11.2. The van der Waals surface area contributed by atoms with Crippen molar-refractivity contribution in [3.63, 3.8) is 0 Å². The number of nitrogens with two attached hydrogens (primary N) is 3. The van der Waals surface area contributed by atoms with Crippen molar-refractivity contribution >= 4 is 53.2 Å². The highest BCUT2D eigenvalue weighted by Gasteiger charge is 2.35. The van der Waals surface area contributed by atoms with Gasteiger partial charge in [-0.15, -0.1) is 0 Å². The van der Waals surface area contributed by atoms with E-state index >= 15 is 0 Å². The summed E-state index contributed by atoms with van der Waals surface area (Å²) < 4.78 is 0. The molecule has 0 saturated carbocycles. The minimum atomic E-state index is -1.67. The lowest BCUT2D eigenvalue weighted by molar-refractivity contribution is -0.143. The summed E-state index contributed by atoms with van der Waals surface area (Å²) in [5.41, 5.74) is 25.2. The average Bonchev–Trinajstić information content (AvgIpc) is 3.20. The third kappa shape index (κ3) is 22.3. The van der Waals surface area contributed by atoms with Crippen LogP contribution in [0.3, 0.4) is 0 Å². The van der Waals surface area contributed by atoms with Crippen molar-refractivity contribution in [2.45, 2.75) is 154 Å². The molecule has 0 aliphatic carbocycles. The Bertz CT molecular complexity index is 1590. The van der Waals surface area contributed by atoms with Gasteiger partial charge in [0, 0.05) is 11.3 Å². The Kier molecular flexibility index (Phi) is 27.7. The van der Waals surface area contributed by atoms with Crippen LogP contribution in [0.25, 0.3) is 10.4 Å². The Balaban J connectivity index is 6.16. The molecule has 358 valence electrons. The van der Waals surface area contributed by atoms with Crippen LogP contribution in [0.1, 0.15) is 99.3 Å². The highest BCUT2D eigenvalue weighted by Crippen LogP contribution is 2.12. The molecule has 0 rings (SSSR count). The summed E-state index contributed by atoms with van der Waals surface area (Å²) in [6.45, 7) is 8.90. The third-order valence-electron chi connectivity index (χ3n) is 9.50. The number of carboxylic acids is 1. The van der Waals surface area contributed by atoms with E-state index in [0.29, 0.717) is 25.7 Å². The van der Waals surface area contributed by atoms with Crippen LogP contribution in [-0.2, 0) is 43.2 Å². The monoisotopic (exact) mass is 900 g/mol. The fourth-order valence-corrected chi connectivity index (χ4v) is 5.91. The van der Waals surface area contributed by atoms with Gasteiger partial charge in [-0.1, -0.05) is 32.8 Å². The van der Waals surface area contributed by atoms with Crippen LogP contribution in [0.2, 0.25) is 0 Å². The zero-order valence-corrected chi connectivity index (χ0v) is 36.9. The fourth-order valence-electron chi connectivity index (χ4n) is 5.91. The van der Waals surface area contributed by atoms with Gasteiger partial charge in [-0.2, -0.15) is 0 Å². The molecule has 9 atom stereocenters. The maximum absolute atomic E-state index is 13.6. The number of azide groups is 1. The number of aliphatic hydroxyl groups excluding tert-OH is 2. The van der Waals surface area contributed by atoms with Crippen molar-refractivity contribution in [1.29, 1.82) is 0 Å². The van der Waals surface area contributed by atoms with Crippen LogP contribution in [0.15, 0.2) is 5.11 Å². The number of carbonyl (C=O) groups excluding carboxylic acids is 8. The number of hydrogen-bond acceptors (Lipinski definition) is 14. The van der Waals surface area contributed by atoms with E-state index in [1.54, 1.807) is 27.7 Å². The minimum Gasteiger partial charge on any atom is -0.480 e. The van der Waals surface area contributed by atoms with Gasteiger partial charge >= 0.3 is 5.97 Å². The molecule has 0 aliphatic rings. The van der Waals surface area contributed by atoms with Crippen molar-refractivity contribution in [3.8, 4) is 0 Å². The van der Waals surface area contributed by atoms with Gasteiger partial charge in [0.2, 0.25) is 47.3 Å². The van der Waals surface area contributed by atoms with Crippen LogP contribution in [-0.4, -0.2) is 143 Å². The van der Waals surface area contributed by atoms with E-state index in [1.807, 2.05) is 0 Å². The molecule has 0 aromatic rings. The molecule has 0 fully saturated rings. The van der Waals surface area contributed by atoms with Gasteiger partial charge in [0.05, 0.1) is 12.7 Å². The number of primary amides is 1. The van der Waals surface area contributed by atoms with Gasteiger partial charge in [0.15, 0.2) is 0 Å². The van der Waals surface area contributed by atoms with Crippen LogP contribution in [0.4, 0.5) is 0 Å². The van der Waals surface area contributed by atoms with Crippen molar-refractivity contribution in [3.05, 3.63) is 10.4 Å². The number of carbonyl (C=O) groups is 9. The van der Waals surface area contributed by atoms with E-state index in [2.05, 4.69) is 47.2 Å². The molecule has 0 aliphatic heterocycles. The lowest BCUT2D eigenvalue weighted by atomic mass is 9.99. The first-order valence-corrected chi connectivity index (χ1v) is 20.9. The lowest BCUT2D eigenvalue weighted by Gasteiger charge is -2.28. The summed E-state index contributed by atoms with van der Waals surface area (Å²) in [5, 5.41) is 50.2. The van der Waals surface area contributed by atoms with Gasteiger partial charge in [-0.25, -0.2) is 4.79 Å². The SMILES string of the molecule is CC(C)C[C@H](NC(=O)[C@@H](N=[N+]=[N-])C(C)C)C(=O)N[C@H](C(=O)N[C@@H](CCCCN)C(=O)N[C@@H](C)C(=O)N[C@@H](CCCCN)C(=O)N[C@@H](CO)C(=O)N[C@@H](CCC(N)=O)C(=O)O)[C@@H](C)O. The topological polar surface area (TPSA) is 425 Å². The highest BCUT2D eigenvalue weighted by molar-refractivity contribution is 5.97. The zero-order chi connectivity index (χ0) is 48.4. The van der Waals surface area contributed by atoms with E-state index < -0.39 is 120 Å². The standard InChI is InChI=1S/C38H69N13O12/c1-19(2)17-26(47-36(60)29(20(3)4)50-51-42)34(58)49-30(22(6)53)37(61)45-23(11-7-9-15-39)32(56)43-21(5)31(55)44-24(12-8-10-16-40)33(57)48-27(18-52)35(59)46-25(38(62)63)13-14-28(41)54/h19-27,29-30,52-53H,7-18,39-40H2,1-6H3,(H2,41,54)(H,43,56)(H,44,55)(H,45,61)(H,46,59)(H,47,60)(H,48,57)(H,49,58)(H,62,63)/t21-,22+,23-,24-,25-,26-,27-,29-,30-/m0/s1. The maximum atomic E-state index is 13.6. The Morgan fingerprint density at radius 1 is 0.603 bits per heavy atom. The van der Waals surface area contributed by atoms with Crippen molar-refractivity contribution in [2.24, 2.45) is 34.2 Å². The summed E-state index contributed by atoms with van der Waals surface area (Å²) >= 11 is 0. The van der Waals surface area contributed by atoms with Gasteiger partial charge in [-0.05, 0) is 95.7 Å². The molecule has 0 saturated heterocycles. The Morgan fingerprint density at radius 3 is 1.51 bits per heavy atom. The predicted octanol–water partition coefficient (Wildman–Crippen LogP) is -3.24. The number of aliphatic hydroxyl groups is 2. The number of amides is 8. The minimum absolute atomic E-state index is 0.00557. The average molecular weight is 900 g/mol. The van der Waals surface area contributed by atoms with E-state index in [0.717, 1.165) is 0 Å². The van der Waals surface area contributed by atoms with Gasteiger partial charge in [-0.3, -0.25) is 38.4 Å². The van der Waals surface area contributed by atoms with Crippen LogP contribution < -0.4 is 54.4 Å². The molecule has 0 bridgehead atoms. The molecule has 25 heteroatoms. The summed E-state index contributed by atoms with van der Waals surface area (Å²) in [5.74, 6) is -9.16. The smallest absolute Gasteiger partial charge is 0.326 e. The first-order valence-electron chi connectivity index (χ1n) is 20.9. The second-order valence-corrected chi connectivity index (χ2v) is 15.9. The van der Waals surface area contributed by atoms with Gasteiger partial charge in [0.25, 0.3) is 0 Å². The number of aliphatic carboxylic acids is 1. The fraction of sp³-hybridized carbons (Fsp3) is 0.763. The Morgan fingerprint density at radius 2 is 1.06 bits per heavy atom. The zero-order valence-electron chi connectivity index (χ0n) is 36.9. The molecule has 0 aromatic heterocycles. The number of carboxylic acid groups (broad SMARTS) is 1. The quantitative estimate of drug-likeness (QED) is 0.0137. The molecule has 25 nitrogen and oxygen atoms in total. The molecule has 16 N–H and O–H groups in total. The number of rotatable bonds is 32. The van der Waals surface area contributed by atoms with Gasteiger partial charge in [0.1, 0.15) is 48.3 Å². The van der Waals surface area contributed by atoms with Crippen molar-refractivity contribution in [1.82, 2.24) is 37.2 Å². The summed E-state index contributed by atoms with van der Waals surface area (Å²) in [6.07, 6.45) is -0.632. The summed E-state index contributed by atoms with van der Waals surface area (Å²) in [4.78, 5) is 119. The normalized spacial score (nSPS) is 15.4. The van der Waals surface area contributed by atoms with Crippen LogP contribution in [0, 0.1) is 11.8 Å². The van der Waals surface area contributed by atoms with Crippen molar-refractivity contribution in [2.75, 3.05) is 19.7 Å². The number of unbranched alkanes of at least 4 members (excludes halogenated alkanes) is 2. The number of hydrogen-bond donors (Lipinski definition) is 13. The van der Waals surface area contributed by atoms with Crippen molar-refractivity contribution < 1.29 is 58.5 Å². The van der Waals surface area contributed by atoms with Gasteiger partial charge < -0.3 is 69.7 Å². The first-order chi connectivity index (χ1) is 29.5. The van der Waals surface area contributed by atoms with Crippen LogP contribution >= 0.6 is 0 Å². The maximum Gasteiger partial charge on any atom is 0.326 e. The molecule has 0 heterocycles. The molecule has 0 aromatic carbocycles. The lowest BCUT2D eigenvalue weighted by Crippen LogP contribution is -2.61. The molecule has 0 radical (unpaired) electrons.